The summed E-state index contributed by atoms with van der Waals surface area (Å²) in [5, 5.41) is 10.8. The maximum atomic E-state index is 13.5. The standard InChI is InChI=1S/C25H30F3NO2/c1-17(23(30)19-11-4-3-5-12-19)29(2)24(31)22(15-18-9-6-7-10-18)20-13-8-14-21(16-20)25(26,27)28/h3-5,8,11-14,16-18,22-23,30H,6-7,9-10,15H2,1-2H3/t17-,22-,23+/m1/s1. The Bertz CT molecular complexity index is 863. The average Bonchev–Trinajstić information content (AvgIpc) is 3.29. The number of carbonyl (C=O) groups excluding carboxylic acids is 1. The van der Waals surface area contributed by atoms with Crippen molar-refractivity contribution in [2.45, 2.75) is 63.3 Å². The minimum absolute atomic E-state index is 0.256. The Kier molecular flexibility index (Phi) is 7.42. The van der Waals surface area contributed by atoms with Crippen LogP contribution in [-0.2, 0) is 11.0 Å². The van der Waals surface area contributed by atoms with E-state index in [1.54, 1.807) is 32.2 Å². The zero-order valence-electron chi connectivity index (χ0n) is 18.0. The summed E-state index contributed by atoms with van der Waals surface area (Å²) < 4.78 is 39.9. The van der Waals surface area contributed by atoms with E-state index in [0.29, 0.717) is 23.5 Å². The Balaban J connectivity index is 1.87. The lowest BCUT2D eigenvalue weighted by Gasteiger charge is -2.33. The van der Waals surface area contributed by atoms with Gasteiger partial charge < -0.3 is 10.0 Å². The largest absolute Gasteiger partial charge is 0.416 e. The normalized spacial score (nSPS) is 17.9. The Hall–Kier alpha value is -2.34. The van der Waals surface area contributed by atoms with Gasteiger partial charge in [-0.15, -0.1) is 0 Å². The maximum absolute atomic E-state index is 13.5. The van der Waals surface area contributed by atoms with Gasteiger partial charge in [-0.05, 0) is 36.5 Å². The fraction of sp³-hybridized carbons (Fsp3) is 0.480. The van der Waals surface area contributed by atoms with Gasteiger partial charge in [-0.2, -0.15) is 13.2 Å². The number of carbonyl (C=O) groups is 1. The molecule has 6 heteroatoms. The number of nitrogens with zero attached hydrogens (tertiary/aromatic N) is 1. The van der Waals surface area contributed by atoms with Crippen LogP contribution in [0.4, 0.5) is 13.2 Å². The van der Waals surface area contributed by atoms with Crippen LogP contribution in [0.5, 0.6) is 0 Å². The van der Waals surface area contributed by atoms with Crippen molar-refractivity contribution >= 4 is 5.91 Å². The molecule has 0 radical (unpaired) electrons. The van der Waals surface area contributed by atoms with Crippen LogP contribution in [-0.4, -0.2) is 29.0 Å². The predicted octanol–water partition coefficient (Wildman–Crippen LogP) is 5.95. The van der Waals surface area contributed by atoms with Gasteiger partial charge >= 0.3 is 6.18 Å². The van der Waals surface area contributed by atoms with Crippen molar-refractivity contribution in [3.05, 3.63) is 71.3 Å². The first kappa shape index (κ1) is 23.3. The summed E-state index contributed by atoms with van der Waals surface area (Å²) >= 11 is 0. The molecule has 0 heterocycles. The molecule has 0 aromatic heterocycles. The van der Waals surface area contributed by atoms with Crippen molar-refractivity contribution in [1.82, 2.24) is 4.90 Å². The van der Waals surface area contributed by atoms with Gasteiger partial charge in [0.25, 0.3) is 0 Å². The average molecular weight is 434 g/mol. The lowest BCUT2D eigenvalue weighted by Crippen LogP contribution is -2.42. The number of aliphatic hydroxyl groups excluding tert-OH is 1. The lowest BCUT2D eigenvalue weighted by molar-refractivity contribution is -0.138. The van der Waals surface area contributed by atoms with Gasteiger partial charge in [-0.1, -0.05) is 74.2 Å². The first-order valence-corrected chi connectivity index (χ1v) is 10.9. The van der Waals surface area contributed by atoms with Crippen LogP contribution in [0.15, 0.2) is 54.6 Å². The van der Waals surface area contributed by atoms with Gasteiger partial charge in [0, 0.05) is 7.05 Å². The van der Waals surface area contributed by atoms with Crippen molar-refractivity contribution in [3.63, 3.8) is 0 Å². The summed E-state index contributed by atoms with van der Waals surface area (Å²) in [5.41, 5.74) is 0.343. The minimum Gasteiger partial charge on any atom is -0.386 e. The van der Waals surface area contributed by atoms with E-state index in [1.165, 1.54) is 11.0 Å². The summed E-state index contributed by atoms with van der Waals surface area (Å²) in [6.45, 7) is 1.76. The number of hydrogen-bond donors (Lipinski definition) is 1. The summed E-state index contributed by atoms with van der Waals surface area (Å²) in [6, 6.07) is 13.7. The second-order valence-electron chi connectivity index (χ2n) is 8.61. The zero-order valence-corrected chi connectivity index (χ0v) is 18.0. The number of amides is 1. The van der Waals surface area contributed by atoms with Crippen molar-refractivity contribution in [3.8, 4) is 0 Å². The van der Waals surface area contributed by atoms with Crippen LogP contribution in [0.25, 0.3) is 0 Å². The topological polar surface area (TPSA) is 40.5 Å². The van der Waals surface area contributed by atoms with Crippen molar-refractivity contribution < 1.29 is 23.1 Å². The van der Waals surface area contributed by atoms with Crippen LogP contribution >= 0.6 is 0 Å². The number of alkyl halides is 3. The monoisotopic (exact) mass is 433 g/mol. The molecule has 1 amide bonds. The van der Waals surface area contributed by atoms with Gasteiger partial charge in [-0.3, -0.25) is 4.79 Å². The first-order chi connectivity index (χ1) is 14.7. The Morgan fingerprint density at radius 1 is 1.06 bits per heavy atom. The van der Waals surface area contributed by atoms with Gasteiger partial charge in [0.1, 0.15) is 0 Å². The van der Waals surface area contributed by atoms with Crippen LogP contribution in [0.3, 0.4) is 0 Å². The van der Waals surface area contributed by atoms with Gasteiger partial charge in [0.05, 0.1) is 23.6 Å². The van der Waals surface area contributed by atoms with Crippen LogP contribution < -0.4 is 0 Å². The fourth-order valence-corrected chi connectivity index (χ4v) is 4.48. The molecule has 0 unspecified atom stereocenters. The van der Waals surface area contributed by atoms with Crippen LogP contribution in [0.1, 0.15) is 67.7 Å². The highest BCUT2D eigenvalue weighted by Crippen LogP contribution is 2.38. The molecule has 168 valence electrons. The maximum Gasteiger partial charge on any atom is 0.416 e. The molecule has 0 bridgehead atoms. The fourth-order valence-electron chi connectivity index (χ4n) is 4.48. The molecule has 31 heavy (non-hydrogen) atoms. The third-order valence-electron chi connectivity index (χ3n) is 6.51. The van der Waals surface area contributed by atoms with Crippen molar-refractivity contribution in [2.75, 3.05) is 7.05 Å². The van der Waals surface area contributed by atoms with Crippen molar-refractivity contribution in [1.29, 1.82) is 0 Å². The number of hydrogen-bond acceptors (Lipinski definition) is 2. The minimum atomic E-state index is -4.46. The highest BCUT2D eigenvalue weighted by Gasteiger charge is 2.35. The van der Waals surface area contributed by atoms with Gasteiger partial charge in [-0.25, -0.2) is 0 Å². The predicted molar refractivity (Wildman–Crippen MR) is 114 cm³/mol. The summed E-state index contributed by atoms with van der Waals surface area (Å²) in [7, 11) is 1.62. The van der Waals surface area contributed by atoms with Crippen molar-refractivity contribution in [2.24, 2.45) is 5.92 Å². The summed E-state index contributed by atoms with van der Waals surface area (Å²) in [6.07, 6.45) is -0.647. The van der Waals surface area contributed by atoms with E-state index < -0.39 is 29.8 Å². The van der Waals surface area contributed by atoms with E-state index in [4.69, 9.17) is 0 Å². The lowest BCUT2D eigenvalue weighted by atomic mass is 9.85. The number of aliphatic hydroxyl groups is 1. The summed E-state index contributed by atoms with van der Waals surface area (Å²) in [4.78, 5) is 15.0. The van der Waals surface area contributed by atoms with E-state index in [-0.39, 0.29) is 5.91 Å². The Labute approximate surface area is 181 Å². The highest BCUT2D eigenvalue weighted by molar-refractivity contribution is 5.84. The first-order valence-electron chi connectivity index (χ1n) is 10.9. The smallest absolute Gasteiger partial charge is 0.386 e. The molecule has 0 aliphatic heterocycles. The quantitative estimate of drug-likeness (QED) is 0.586. The molecular formula is C25H30F3NO2. The second-order valence-corrected chi connectivity index (χ2v) is 8.61. The molecule has 1 fully saturated rings. The number of likely N-dealkylation sites (N-methyl/N-ethyl adjacent to an activating group) is 1. The van der Waals surface area contributed by atoms with E-state index in [0.717, 1.165) is 37.8 Å². The molecule has 3 rings (SSSR count). The molecule has 3 nitrogen and oxygen atoms in total. The van der Waals surface area contributed by atoms with Crippen LogP contribution in [0.2, 0.25) is 0 Å². The molecule has 1 aliphatic carbocycles. The van der Waals surface area contributed by atoms with E-state index in [1.807, 2.05) is 18.2 Å². The Morgan fingerprint density at radius 3 is 2.29 bits per heavy atom. The van der Waals surface area contributed by atoms with Crippen LogP contribution in [0, 0.1) is 5.92 Å². The zero-order chi connectivity index (χ0) is 22.6. The van der Waals surface area contributed by atoms with E-state index in [9.17, 15) is 23.1 Å². The third kappa shape index (κ3) is 5.67. The molecule has 2 aromatic rings. The highest BCUT2D eigenvalue weighted by atomic mass is 19.4. The van der Waals surface area contributed by atoms with E-state index >= 15 is 0 Å². The third-order valence-corrected chi connectivity index (χ3v) is 6.51. The van der Waals surface area contributed by atoms with Gasteiger partial charge in [0.2, 0.25) is 5.91 Å². The molecule has 2 aromatic carbocycles. The molecular weight excluding hydrogens is 403 g/mol. The number of rotatable bonds is 7. The Morgan fingerprint density at radius 2 is 1.68 bits per heavy atom. The molecule has 1 saturated carbocycles. The van der Waals surface area contributed by atoms with E-state index in [2.05, 4.69) is 0 Å². The molecule has 0 spiro atoms. The number of benzene rings is 2. The summed E-state index contributed by atoms with van der Waals surface area (Å²) in [5.74, 6) is -0.597. The van der Waals surface area contributed by atoms with Gasteiger partial charge in [0.15, 0.2) is 0 Å². The second kappa shape index (κ2) is 9.86. The molecule has 1 aliphatic rings. The number of halogens is 3. The SMILES string of the molecule is C[C@H]([C@H](O)c1ccccc1)N(C)C(=O)[C@H](CC1CCCC1)c1cccc(C(F)(F)F)c1. The molecule has 1 N–H and O–H groups in total. The molecule has 0 saturated heterocycles. The molecule has 3 atom stereocenters.